The van der Waals surface area contributed by atoms with Crippen LogP contribution in [0.1, 0.15) is 56.9 Å². The lowest BCUT2D eigenvalue weighted by Gasteiger charge is -2.39. The molecule has 9 heteroatoms. The second kappa shape index (κ2) is 9.84. The van der Waals surface area contributed by atoms with Gasteiger partial charge in [-0.15, -0.1) is 0 Å². The van der Waals surface area contributed by atoms with Crippen LogP contribution in [0.15, 0.2) is 24.5 Å². The molecular weight excluding hydrogens is 454 g/mol. The highest BCUT2D eigenvalue weighted by atomic mass is 16.5. The van der Waals surface area contributed by atoms with Crippen LogP contribution in [0.25, 0.3) is 0 Å². The van der Waals surface area contributed by atoms with E-state index < -0.39 is 5.54 Å². The number of piperidine rings is 1. The predicted molar refractivity (Wildman–Crippen MR) is 139 cm³/mol. The highest BCUT2D eigenvalue weighted by Gasteiger charge is 2.57. The van der Waals surface area contributed by atoms with Gasteiger partial charge in [-0.1, -0.05) is 19.3 Å². The number of likely N-dealkylation sites (tertiary alicyclic amines) is 2. The molecule has 3 fully saturated rings. The Labute approximate surface area is 213 Å². The molecule has 1 atom stereocenters. The molecule has 5 heterocycles. The first-order chi connectivity index (χ1) is 17.6. The van der Waals surface area contributed by atoms with E-state index in [0.717, 1.165) is 49.5 Å². The van der Waals surface area contributed by atoms with E-state index in [1.165, 1.54) is 45.2 Å². The molecule has 2 saturated heterocycles. The number of fused-ring (bicyclic) bond motifs is 1. The van der Waals surface area contributed by atoms with Crippen LogP contribution in [0.3, 0.4) is 0 Å². The summed E-state index contributed by atoms with van der Waals surface area (Å²) in [7, 11) is 1.91. The fourth-order valence-electron chi connectivity index (χ4n) is 6.51. The van der Waals surface area contributed by atoms with E-state index >= 15 is 0 Å². The normalized spacial score (nSPS) is 24.6. The van der Waals surface area contributed by atoms with Crippen LogP contribution in [-0.4, -0.2) is 82.1 Å². The number of nitrogens with zero attached hydrogens (tertiary/aromatic N) is 6. The minimum atomic E-state index is -0.495. The summed E-state index contributed by atoms with van der Waals surface area (Å²) in [6.07, 6.45) is 13.8. The molecule has 9 nitrogen and oxygen atoms in total. The van der Waals surface area contributed by atoms with Gasteiger partial charge in [0.05, 0.1) is 6.20 Å². The van der Waals surface area contributed by atoms with Crippen LogP contribution in [0, 0.1) is 0 Å². The Hall–Kier alpha value is -2.94. The fraction of sp³-hybridized carbons (Fsp3) is 0.630. The molecule has 0 aromatic carbocycles. The Bertz CT molecular complexity index is 1080. The zero-order valence-electron chi connectivity index (χ0n) is 21.3. The van der Waals surface area contributed by atoms with Gasteiger partial charge in [-0.2, -0.15) is 4.98 Å². The number of nitrogens with one attached hydrogen (secondary N) is 1. The first-order valence-corrected chi connectivity index (χ1v) is 13.6. The van der Waals surface area contributed by atoms with Crippen molar-refractivity contribution in [2.75, 3.05) is 50.1 Å². The summed E-state index contributed by atoms with van der Waals surface area (Å²) in [6.45, 7) is 4.78. The van der Waals surface area contributed by atoms with Crippen molar-refractivity contribution in [3.05, 3.63) is 30.1 Å². The first-order valence-electron chi connectivity index (χ1n) is 13.6. The Kier molecular flexibility index (Phi) is 6.41. The fourth-order valence-corrected chi connectivity index (χ4v) is 6.51. The standard InChI is InChI=1S/C27H37N7O2/c1-32-14-11-27(25(32)35)17-20-18-29-26(31-24(20)34(27)21-7-3-4-8-21)30-23-10-9-22(19-28-23)36-16-15-33-12-5-2-6-13-33/h9-10,18-19,21H,2-8,11-17H2,1H3,(H,28,29,30,31). The van der Waals surface area contributed by atoms with Crippen LogP contribution in [0.5, 0.6) is 5.75 Å². The van der Waals surface area contributed by atoms with Crippen molar-refractivity contribution in [3.63, 3.8) is 0 Å². The third kappa shape index (κ3) is 4.38. The molecule has 1 spiro atoms. The molecule has 0 radical (unpaired) electrons. The quantitative estimate of drug-likeness (QED) is 0.631. The summed E-state index contributed by atoms with van der Waals surface area (Å²) in [5, 5.41) is 3.26. The summed E-state index contributed by atoms with van der Waals surface area (Å²) >= 11 is 0. The third-order valence-corrected chi connectivity index (χ3v) is 8.41. The number of likely N-dealkylation sites (N-methyl/N-ethyl adjacent to an activating group) is 1. The number of aromatic nitrogens is 3. The number of carbonyl (C=O) groups excluding carboxylic acids is 1. The Morgan fingerprint density at radius 1 is 1.06 bits per heavy atom. The topological polar surface area (TPSA) is 86.7 Å². The summed E-state index contributed by atoms with van der Waals surface area (Å²) in [5.74, 6) is 3.10. The molecule has 2 aromatic heterocycles. The van der Waals surface area contributed by atoms with Crippen LogP contribution in [0.4, 0.5) is 17.6 Å². The van der Waals surface area contributed by atoms with Crippen molar-refractivity contribution in [1.82, 2.24) is 24.8 Å². The zero-order valence-corrected chi connectivity index (χ0v) is 21.3. The number of hydrogen-bond donors (Lipinski definition) is 1. The van der Waals surface area contributed by atoms with Gasteiger partial charge in [0.15, 0.2) is 0 Å². The number of amides is 1. The van der Waals surface area contributed by atoms with Gasteiger partial charge < -0.3 is 19.9 Å². The Morgan fingerprint density at radius 2 is 1.89 bits per heavy atom. The molecule has 192 valence electrons. The average molecular weight is 492 g/mol. The maximum absolute atomic E-state index is 13.3. The molecule has 2 aromatic rings. The van der Waals surface area contributed by atoms with E-state index in [2.05, 4.69) is 25.1 Å². The van der Waals surface area contributed by atoms with Gasteiger partial charge in [-0.25, -0.2) is 9.97 Å². The summed E-state index contributed by atoms with van der Waals surface area (Å²) in [4.78, 5) is 34.1. The molecule has 0 bridgehead atoms. The molecule has 4 aliphatic rings. The number of pyridine rings is 1. The second-order valence-electron chi connectivity index (χ2n) is 10.8. The second-order valence-corrected chi connectivity index (χ2v) is 10.8. The number of ether oxygens (including phenoxy) is 1. The van der Waals surface area contributed by atoms with E-state index in [-0.39, 0.29) is 5.91 Å². The van der Waals surface area contributed by atoms with Crippen LogP contribution >= 0.6 is 0 Å². The van der Waals surface area contributed by atoms with E-state index in [9.17, 15) is 4.79 Å². The zero-order chi connectivity index (χ0) is 24.5. The molecule has 36 heavy (non-hydrogen) atoms. The van der Waals surface area contributed by atoms with Gasteiger partial charge >= 0.3 is 0 Å². The number of carbonyl (C=O) groups is 1. The van der Waals surface area contributed by atoms with E-state index in [1.807, 2.05) is 30.3 Å². The molecular formula is C27H37N7O2. The van der Waals surface area contributed by atoms with Crippen LogP contribution < -0.4 is 15.0 Å². The van der Waals surface area contributed by atoms with Crippen LogP contribution in [0.2, 0.25) is 0 Å². The van der Waals surface area contributed by atoms with Crippen molar-refractivity contribution in [2.24, 2.45) is 0 Å². The molecule has 1 saturated carbocycles. The van der Waals surface area contributed by atoms with Gasteiger partial charge in [0.2, 0.25) is 11.9 Å². The van der Waals surface area contributed by atoms with Gasteiger partial charge in [0, 0.05) is 44.4 Å². The van der Waals surface area contributed by atoms with Gasteiger partial charge in [0.25, 0.3) is 0 Å². The summed E-state index contributed by atoms with van der Waals surface area (Å²) in [6, 6.07) is 4.20. The highest BCUT2D eigenvalue weighted by Crippen LogP contribution is 2.47. The average Bonchev–Trinajstić information content (AvgIpc) is 3.61. The Balaban J connectivity index is 1.14. The minimum absolute atomic E-state index is 0.222. The lowest BCUT2D eigenvalue weighted by molar-refractivity contribution is -0.131. The smallest absolute Gasteiger partial charge is 0.248 e. The van der Waals surface area contributed by atoms with Crippen molar-refractivity contribution in [2.45, 2.75) is 69.4 Å². The molecule has 3 aliphatic heterocycles. The SMILES string of the molecule is CN1CCC2(Cc3cnc(Nc4ccc(OCCN5CCCCC5)cn4)nc3N2C2CCCC2)C1=O. The molecule has 1 aliphatic carbocycles. The largest absolute Gasteiger partial charge is 0.491 e. The molecule has 6 rings (SSSR count). The van der Waals surface area contributed by atoms with E-state index in [4.69, 9.17) is 9.72 Å². The summed E-state index contributed by atoms with van der Waals surface area (Å²) in [5.41, 5.74) is 0.576. The van der Waals surface area contributed by atoms with E-state index in [1.54, 1.807) is 6.20 Å². The monoisotopic (exact) mass is 491 g/mol. The van der Waals surface area contributed by atoms with Crippen molar-refractivity contribution < 1.29 is 9.53 Å². The molecule has 1 amide bonds. The Morgan fingerprint density at radius 3 is 2.61 bits per heavy atom. The first kappa shape index (κ1) is 23.5. The lowest BCUT2D eigenvalue weighted by atomic mass is 9.91. The van der Waals surface area contributed by atoms with Crippen molar-refractivity contribution in [3.8, 4) is 5.75 Å². The van der Waals surface area contributed by atoms with Gasteiger partial charge in [-0.05, 0) is 57.3 Å². The maximum Gasteiger partial charge on any atom is 0.248 e. The lowest BCUT2D eigenvalue weighted by Crippen LogP contribution is -2.56. The molecule has 1 N–H and O–H groups in total. The highest BCUT2D eigenvalue weighted by molar-refractivity contribution is 5.94. The van der Waals surface area contributed by atoms with Gasteiger partial charge in [-0.3, -0.25) is 9.69 Å². The number of hydrogen-bond acceptors (Lipinski definition) is 8. The van der Waals surface area contributed by atoms with E-state index in [0.29, 0.717) is 30.8 Å². The minimum Gasteiger partial charge on any atom is -0.491 e. The maximum atomic E-state index is 13.3. The van der Waals surface area contributed by atoms with Crippen molar-refractivity contribution >= 4 is 23.5 Å². The van der Waals surface area contributed by atoms with Gasteiger partial charge in [0.1, 0.15) is 29.5 Å². The number of anilines is 3. The third-order valence-electron chi connectivity index (χ3n) is 8.41. The summed E-state index contributed by atoms with van der Waals surface area (Å²) < 4.78 is 5.91. The molecule has 1 unspecified atom stereocenters. The van der Waals surface area contributed by atoms with Crippen molar-refractivity contribution in [1.29, 1.82) is 0 Å². The predicted octanol–water partition coefficient (Wildman–Crippen LogP) is 3.39. The van der Waals surface area contributed by atoms with Crippen LogP contribution in [-0.2, 0) is 11.2 Å². The number of rotatable bonds is 7.